The fourth-order valence-corrected chi connectivity index (χ4v) is 4.38. The van der Waals surface area contributed by atoms with Gasteiger partial charge in [-0.15, -0.1) is 0 Å². The van der Waals surface area contributed by atoms with Crippen molar-refractivity contribution in [3.63, 3.8) is 0 Å². The molecule has 0 spiro atoms. The van der Waals surface area contributed by atoms with Crippen LogP contribution >= 0.6 is 0 Å². The highest BCUT2D eigenvalue weighted by atomic mass is 19.4. The average molecular weight is 570 g/mol. The van der Waals surface area contributed by atoms with Crippen molar-refractivity contribution in [2.24, 2.45) is 0 Å². The van der Waals surface area contributed by atoms with E-state index in [0.29, 0.717) is 29.3 Å². The Morgan fingerprint density at radius 3 is 2.78 bits per heavy atom. The summed E-state index contributed by atoms with van der Waals surface area (Å²) >= 11 is 0. The number of piperidine rings is 1. The van der Waals surface area contributed by atoms with Crippen molar-refractivity contribution < 1.29 is 37.1 Å². The zero-order valence-electron chi connectivity index (χ0n) is 21.9. The lowest BCUT2D eigenvalue weighted by atomic mass is 10.1. The maximum atomic E-state index is 12.9. The van der Waals surface area contributed by atoms with E-state index in [-0.39, 0.29) is 23.1 Å². The Labute approximate surface area is 232 Å². The normalized spacial score (nSPS) is 15.4. The first-order chi connectivity index (χ1) is 19.7. The highest BCUT2D eigenvalue weighted by molar-refractivity contribution is 5.92. The number of rotatable bonds is 8. The summed E-state index contributed by atoms with van der Waals surface area (Å²) in [6, 6.07) is 12.7. The molecule has 2 aromatic heterocycles. The van der Waals surface area contributed by atoms with E-state index < -0.39 is 30.4 Å². The summed E-state index contributed by atoms with van der Waals surface area (Å²) in [5.41, 5.74) is 0.361. The number of hydrogen-bond acceptors (Lipinski definition) is 9. The van der Waals surface area contributed by atoms with E-state index in [4.69, 9.17) is 14.0 Å². The minimum atomic E-state index is -4.52. The number of methoxy groups -OCH3 is 1. The molecule has 1 saturated heterocycles. The number of aliphatic hydroxyl groups is 1. The van der Waals surface area contributed by atoms with Crippen LogP contribution in [0.1, 0.15) is 18.4 Å². The van der Waals surface area contributed by atoms with E-state index in [1.54, 1.807) is 30.5 Å². The van der Waals surface area contributed by atoms with Crippen molar-refractivity contribution in [1.29, 1.82) is 0 Å². The van der Waals surface area contributed by atoms with Gasteiger partial charge in [0.2, 0.25) is 5.82 Å². The molecule has 0 saturated carbocycles. The molecule has 214 valence electrons. The van der Waals surface area contributed by atoms with Crippen molar-refractivity contribution in [2.75, 3.05) is 37.0 Å². The quantitative estimate of drug-likeness (QED) is 0.308. The van der Waals surface area contributed by atoms with E-state index in [0.717, 1.165) is 31.5 Å². The van der Waals surface area contributed by atoms with Gasteiger partial charge in [-0.3, -0.25) is 4.79 Å². The van der Waals surface area contributed by atoms with E-state index in [9.17, 15) is 23.1 Å². The van der Waals surface area contributed by atoms with Gasteiger partial charge < -0.3 is 29.3 Å². The molecule has 1 atom stereocenters. The number of benzene rings is 2. The Hall–Kier alpha value is -4.65. The second kappa shape index (κ2) is 11.8. The van der Waals surface area contributed by atoms with Gasteiger partial charge in [-0.2, -0.15) is 18.2 Å². The molecular weight excluding hydrogens is 543 g/mol. The van der Waals surface area contributed by atoms with Crippen LogP contribution in [0, 0.1) is 0 Å². The smallest absolute Gasteiger partial charge is 0.416 e. The summed E-state index contributed by atoms with van der Waals surface area (Å²) in [5.74, 6) is 1.16. The topological polar surface area (TPSA) is 123 Å². The van der Waals surface area contributed by atoms with Crippen LogP contribution in [0.25, 0.3) is 22.8 Å². The molecule has 1 aliphatic heterocycles. The molecule has 5 rings (SSSR count). The van der Waals surface area contributed by atoms with Crippen molar-refractivity contribution in [3.8, 4) is 34.3 Å². The fourth-order valence-electron chi connectivity index (χ4n) is 4.38. The number of aliphatic hydroxyl groups excluding tert-OH is 1. The Balaban J connectivity index is 1.25. The van der Waals surface area contributed by atoms with E-state index in [1.807, 2.05) is 11.0 Å². The Morgan fingerprint density at radius 1 is 1.15 bits per heavy atom. The number of nitrogens with one attached hydrogen (secondary N) is 1. The van der Waals surface area contributed by atoms with Crippen molar-refractivity contribution in [3.05, 3.63) is 66.4 Å². The van der Waals surface area contributed by atoms with Crippen LogP contribution in [-0.2, 0) is 11.0 Å². The summed E-state index contributed by atoms with van der Waals surface area (Å²) in [4.78, 5) is 23.2. The lowest BCUT2D eigenvalue weighted by Gasteiger charge is -2.31. The van der Waals surface area contributed by atoms with Gasteiger partial charge in [0, 0.05) is 36.1 Å². The van der Waals surface area contributed by atoms with Crippen LogP contribution in [-0.4, -0.2) is 59.0 Å². The Morgan fingerprint density at radius 2 is 2.00 bits per heavy atom. The molecule has 13 heteroatoms. The van der Waals surface area contributed by atoms with Crippen LogP contribution in [0.15, 0.2) is 65.3 Å². The van der Waals surface area contributed by atoms with Gasteiger partial charge in [-0.25, -0.2) is 4.98 Å². The minimum Gasteiger partial charge on any atom is -0.493 e. The summed E-state index contributed by atoms with van der Waals surface area (Å²) < 4.78 is 55.2. The number of ether oxygens (including phenoxy) is 2. The van der Waals surface area contributed by atoms with Crippen LogP contribution in [0.3, 0.4) is 0 Å². The van der Waals surface area contributed by atoms with E-state index >= 15 is 0 Å². The summed E-state index contributed by atoms with van der Waals surface area (Å²) in [7, 11) is 1.42. The SMILES string of the molecule is COc1cc(-c2nc(-c3ccnc(N4CCCC(O)C4)c3)no2)ccc1OCC(=O)Nc1cccc(C(F)(F)F)c1. The van der Waals surface area contributed by atoms with Gasteiger partial charge in [0.15, 0.2) is 18.1 Å². The molecule has 10 nitrogen and oxygen atoms in total. The maximum absolute atomic E-state index is 12.9. The molecule has 1 unspecified atom stereocenters. The lowest BCUT2D eigenvalue weighted by Crippen LogP contribution is -2.38. The highest BCUT2D eigenvalue weighted by Gasteiger charge is 2.30. The summed E-state index contributed by atoms with van der Waals surface area (Å²) in [6.07, 6.45) is -1.62. The molecule has 41 heavy (non-hydrogen) atoms. The zero-order chi connectivity index (χ0) is 29.0. The molecule has 1 aliphatic rings. The summed E-state index contributed by atoms with van der Waals surface area (Å²) in [5, 5.41) is 16.5. The van der Waals surface area contributed by atoms with Crippen molar-refractivity contribution >= 4 is 17.4 Å². The molecule has 3 heterocycles. The number of carbonyl (C=O) groups excluding carboxylic acids is 1. The van der Waals surface area contributed by atoms with Gasteiger partial charge in [-0.1, -0.05) is 11.2 Å². The number of halogens is 3. The van der Waals surface area contributed by atoms with Crippen LogP contribution < -0.4 is 19.7 Å². The lowest BCUT2D eigenvalue weighted by molar-refractivity contribution is -0.137. The average Bonchev–Trinajstić information content (AvgIpc) is 3.46. The number of aromatic nitrogens is 3. The number of hydrogen-bond donors (Lipinski definition) is 2. The van der Waals surface area contributed by atoms with Gasteiger partial charge in [-0.05, 0) is 61.4 Å². The highest BCUT2D eigenvalue weighted by Crippen LogP contribution is 2.34. The molecule has 0 bridgehead atoms. The standard InChI is InChI=1S/C28H26F3N5O5/c1-39-23-12-18(7-8-22(23)40-16-25(38)33-20-5-2-4-19(14-20)28(29,30)31)27-34-26(35-41-27)17-9-10-32-24(13-17)36-11-3-6-21(37)15-36/h2,4-5,7-10,12-14,21,37H,3,6,11,15-16H2,1H3,(H,33,38). The predicted octanol–water partition coefficient (Wildman–Crippen LogP) is 4.80. The Bertz CT molecular complexity index is 1530. The number of alkyl halides is 3. The molecule has 4 aromatic rings. The second-order valence-corrected chi connectivity index (χ2v) is 9.35. The molecule has 1 fully saturated rings. The Kier molecular flexibility index (Phi) is 8.06. The van der Waals surface area contributed by atoms with Gasteiger partial charge in [0.05, 0.1) is 18.8 Å². The van der Waals surface area contributed by atoms with Gasteiger partial charge >= 0.3 is 6.18 Å². The first-order valence-corrected chi connectivity index (χ1v) is 12.7. The molecule has 0 radical (unpaired) electrons. The minimum absolute atomic E-state index is 0.00206. The summed E-state index contributed by atoms with van der Waals surface area (Å²) in [6.45, 7) is 0.844. The predicted molar refractivity (Wildman–Crippen MR) is 143 cm³/mol. The number of nitrogens with zero attached hydrogens (tertiary/aromatic N) is 4. The fraction of sp³-hybridized carbons (Fsp3) is 0.286. The molecule has 2 aromatic carbocycles. The number of β-amino-alcohol motifs (C(OH)–C–C–N with tert-alkyl or cyclic N) is 1. The number of amides is 1. The zero-order valence-corrected chi connectivity index (χ0v) is 21.9. The third kappa shape index (κ3) is 6.74. The second-order valence-electron chi connectivity index (χ2n) is 9.35. The monoisotopic (exact) mass is 569 g/mol. The molecule has 1 amide bonds. The third-order valence-electron chi connectivity index (χ3n) is 6.39. The number of pyridine rings is 1. The molecular formula is C28H26F3N5O5. The maximum Gasteiger partial charge on any atom is 0.416 e. The molecule has 0 aliphatic carbocycles. The van der Waals surface area contributed by atoms with Gasteiger partial charge in [0.1, 0.15) is 5.82 Å². The van der Waals surface area contributed by atoms with Crippen LogP contribution in [0.5, 0.6) is 11.5 Å². The first kappa shape index (κ1) is 27.9. The van der Waals surface area contributed by atoms with E-state index in [1.165, 1.54) is 19.2 Å². The van der Waals surface area contributed by atoms with Crippen molar-refractivity contribution in [1.82, 2.24) is 15.1 Å². The van der Waals surface area contributed by atoms with Crippen molar-refractivity contribution in [2.45, 2.75) is 25.1 Å². The third-order valence-corrected chi connectivity index (χ3v) is 6.39. The molecule has 2 N–H and O–H groups in total. The largest absolute Gasteiger partial charge is 0.493 e. The van der Waals surface area contributed by atoms with Gasteiger partial charge in [0.25, 0.3) is 11.8 Å². The first-order valence-electron chi connectivity index (χ1n) is 12.7. The van der Waals surface area contributed by atoms with E-state index in [2.05, 4.69) is 20.4 Å². The number of carbonyl (C=O) groups is 1. The van der Waals surface area contributed by atoms with Crippen LogP contribution in [0.4, 0.5) is 24.7 Å². The number of anilines is 2. The van der Waals surface area contributed by atoms with Crippen LogP contribution in [0.2, 0.25) is 0 Å².